The smallest absolute Gasteiger partial charge is 0.252 e. The first-order valence-corrected chi connectivity index (χ1v) is 12.7. The van der Waals surface area contributed by atoms with Crippen LogP contribution in [0.4, 0.5) is 0 Å². The first-order chi connectivity index (χ1) is 16.3. The molecule has 0 spiro atoms. The Kier molecular flexibility index (Phi) is 5.60. The van der Waals surface area contributed by atoms with Crippen molar-refractivity contribution in [3.05, 3.63) is 65.5 Å². The summed E-state index contributed by atoms with van der Waals surface area (Å²) in [6, 6.07) is 12.3. The number of sulfone groups is 1. The highest BCUT2D eigenvalue weighted by molar-refractivity contribution is 7.91. The molecule has 1 N–H and O–H groups in total. The molecule has 1 aliphatic heterocycles. The fourth-order valence-electron chi connectivity index (χ4n) is 4.29. The summed E-state index contributed by atoms with van der Waals surface area (Å²) in [5.74, 6) is 1.10. The maximum atomic E-state index is 13.3. The topological polar surface area (TPSA) is 116 Å². The number of carbonyl (C=O) groups excluding carboxylic acids is 1. The second-order valence-corrected chi connectivity index (χ2v) is 10.6. The van der Waals surface area contributed by atoms with Gasteiger partial charge in [0.15, 0.2) is 21.2 Å². The third-order valence-electron chi connectivity index (χ3n) is 6.02. The maximum absolute atomic E-state index is 13.3. The number of rotatable bonds is 6. The van der Waals surface area contributed by atoms with E-state index in [1.165, 1.54) is 6.26 Å². The van der Waals surface area contributed by atoms with E-state index in [0.29, 0.717) is 46.7 Å². The van der Waals surface area contributed by atoms with Crippen LogP contribution in [0.1, 0.15) is 34.1 Å². The quantitative estimate of drug-likeness (QED) is 0.450. The van der Waals surface area contributed by atoms with Crippen LogP contribution in [-0.2, 0) is 16.4 Å². The number of methoxy groups -OCH3 is 1. The number of pyridine rings is 1. The molecular formula is C24H24N4O5S. The average Bonchev–Trinajstić information content (AvgIpc) is 3.56. The summed E-state index contributed by atoms with van der Waals surface area (Å²) in [7, 11) is -1.52. The lowest BCUT2D eigenvalue weighted by Crippen LogP contribution is -2.23. The molecule has 10 heteroatoms. The van der Waals surface area contributed by atoms with Crippen LogP contribution in [0.3, 0.4) is 0 Å². The van der Waals surface area contributed by atoms with Gasteiger partial charge in [-0.2, -0.15) is 5.10 Å². The molecule has 1 aromatic carbocycles. The number of aromatic nitrogens is 3. The number of nitrogens with zero attached hydrogens (tertiary/aromatic N) is 3. The van der Waals surface area contributed by atoms with Crippen molar-refractivity contribution in [2.24, 2.45) is 0 Å². The monoisotopic (exact) mass is 480 g/mol. The van der Waals surface area contributed by atoms with Crippen LogP contribution in [0.5, 0.6) is 5.75 Å². The molecule has 4 heterocycles. The zero-order valence-electron chi connectivity index (χ0n) is 18.8. The van der Waals surface area contributed by atoms with E-state index in [2.05, 4.69) is 10.4 Å². The Morgan fingerprint density at radius 1 is 1.26 bits per heavy atom. The minimum absolute atomic E-state index is 0.00881. The summed E-state index contributed by atoms with van der Waals surface area (Å²) in [5, 5.41) is 8.17. The molecule has 1 aliphatic rings. The van der Waals surface area contributed by atoms with Crippen molar-refractivity contribution in [3.63, 3.8) is 0 Å². The van der Waals surface area contributed by atoms with Crippen molar-refractivity contribution < 1.29 is 22.4 Å². The van der Waals surface area contributed by atoms with E-state index in [4.69, 9.17) is 14.1 Å². The van der Waals surface area contributed by atoms with Gasteiger partial charge in [0, 0.05) is 6.54 Å². The number of amides is 1. The number of carbonyl (C=O) groups is 1. The van der Waals surface area contributed by atoms with Gasteiger partial charge in [-0.05, 0) is 49.2 Å². The molecule has 3 aromatic heterocycles. The molecule has 0 saturated carbocycles. The van der Waals surface area contributed by atoms with Gasteiger partial charge in [0.1, 0.15) is 11.4 Å². The predicted molar refractivity (Wildman–Crippen MR) is 126 cm³/mol. The predicted octanol–water partition coefficient (Wildman–Crippen LogP) is 3.30. The molecule has 9 nitrogen and oxygen atoms in total. The third kappa shape index (κ3) is 4.16. The van der Waals surface area contributed by atoms with Crippen LogP contribution in [0.15, 0.2) is 53.1 Å². The van der Waals surface area contributed by atoms with Gasteiger partial charge < -0.3 is 14.5 Å². The van der Waals surface area contributed by atoms with Gasteiger partial charge in [-0.3, -0.25) is 4.79 Å². The number of benzene rings is 1. The molecule has 4 aromatic rings. The molecule has 1 unspecified atom stereocenters. The second kappa shape index (κ2) is 8.60. The number of ether oxygens (including phenoxy) is 1. The Morgan fingerprint density at radius 2 is 2.06 bits per heavy atom. The summed E-state index contributed by atoms with van der Waals surface area (Å²) in [6.45, 7) is 2.13. The van der Waals surface area contributed by atoms with Gasteiger partial charge >= 0.3 is 0 Å². The van der Waals surface area contributed by atoms with Crippen molar-refractivity contribution >= 4 is 26.8 Å². The van der Waals surface area contributed by atoms with Crippen molar-refractivity contribution in [2.45, 2.75) is 25.9 Å². The van der Waals surface area contributed by atoms with Crippen molar-refractivity contribution in [2.75, 3.05) is 18.6 Å². The van der Waals surface area contributed by atoms with E-state index in [1.54, 1.807) is 36.9 Å². The molecule has 0 aliphatic carbocycles. The standard InChI is InChI=1S/C24H24N4O5S/c1-15-22-19(24(29)25-13-16-5-7-18(32-2)8-6-16)12-20(21-4-3-10-33-21)26-23(22)28(27-15)17-9-11-34(30,31)14-17/h3-8,10,12,17H,9,11,13-14H2,1-2H3,(H,25,29). The number of nitrogens with one attached hydrogen (secondary N) is 1. The Bertz CT molecular complexity index is 1460. The summed E-state index contributed by atoms with van der Waals surface area (Å²) in [6.07, 6.45) is 2.00. The molecule has 1 fully saturated rings. The fourth-order valence-corrected chi connectivity index (χ4v) is 5.98. The molecular weight excluding hydrogens is 456 g/mol. The lowest BCUT2D eigenvalue weighted by atomic mass is 10.1. The summed E-state index contributed by atoms with van der Waals surface area (Å²) >= 11 is 0. The minimum atomic E-state index is -3.12. The molecule has 5 rings (SSSR count). The molecule has 0 bridgehead atoms. The molecule has 1 saturated heterocycles. The summed E-state index contributed by atoms with van der Waals surface area (Å²) in [5.41, 5.74) is 2.91. The SMILES string of the molecule is COc1ccc(CNC(=O)c2cc(-c3ccco3)nc3c2c(C)nn3C2CCS(=O)(=O)C2)cc1. The molecule has 1 atom stereocenters. The van der Waals surface area contributed by atoms with Gasteiger partial charge in [-0.1, -0.05) is 12.1 Å². The van der Waals surface area contributed by atoms with Crippen LogP contribution in [0, 0.1) is 6.92 Å². The zero-order chi connectivity index (χ0) is 23.9. The Balaban J connectivity index is 1.55. The van der Waals surface area contributed by atoms with E-state index in [0.717, 1.165) is 11.3 Å². The van der Waals surface area contributed by atoms with E-state index in [9.17, 15) is 13.2 Å². The first kappa shape index (κ1) is 22.1. The van der Waals surface area contributed by atoms with Gasteiger partial charge in [-0.15, -0.1) is 0 Å². The summed E-state index contributed by atoms with van der Waals surface area (Å²) < 4.78 is 36.6. The van der Waals surface area contributed by atoms with Gasteiger partial charge in [0.05, 0.1) is 47.6 Å². The fraction of sp³-hybridized carbons (Fsp3) is 0.292. The van der Waals surface area contributed by atoms with Crippen LogP contribution in [-0.4, -0.2) is 47.7 Å². The number of hydrogen-bond donors (Lipinski definition) is 1. The number of hydrogen-bond acceptors (Lipinski definition) is 7. The third-order valence-corrected chi connectivity index (χ3v) is 7.77. The first-order valence-electron chi connectivity index (χ1n) is 10.9. The Labute approximate surface area is 196 Å². The molecule has 1 amide bonds. The minimum Gasteiger partial charge on any atom is -0.497 e. The average molecular weight is 481 g/mol. The van der Waals surface area contributed by atoms with Crippen LogP contribution in [0.25, 0.3) is 22.5 Å². The number of furan rings is 1. The van der Waals surface area contributed by atoms with Crippen LogP contribution in [0.2, 0.25) is 0 Å². The van der Waals surface area contributed by atoms with Gasteiger partial charge in [-0.25, -0.2) is 18.1 Å². The maximum Gasteiger partial charge on any atom is 0.252 e. The zero-order valence-corrected chi connectivity index (χ0v) is 19.6. The molecule has 34 heavy (non-hydrogen) atoms. The largest absolute Gasteiger partial charge is 0.497 e. The Morgan fingerprint density at radius 3 is 2.71 bits per heavy atom. The Hall–Kier alpha value is -3.66. The summed E-state index contributed by atoms with van der Waals surface area (Å²) in [4.78, 5) is 18.1. The van der Waals surface area contributed by atoms with Crippen molar-refractivity contribution in [1.29, 1.82) is 0 Å². The highest BCUT2D eigenvalue weighted by atomic mass is 32.2. The van der Waals surface area contributed by atoms with E-state index >= 15 is 0 Å². The normalized spacial score (nSPS) is 17.2. The van der Waals surface area contributed by atoms with Crippen LogP contribution >= 0.6 is 0 Å². The molecule has 176 valence electrons. The molecule has 0 radical (unpaired) electrons. The lowest BCUT2D eigenvalue weighted by Gasteiger charge is -2.12. The van der Waals surface area contributed by atoms with Crippen LogP contribution < -0.4 is 10.1 Å². The lowest BCUT2D eigenvalue weighted by molar-refractivity contribution is 0.0952. The van der Waals surface area contributed by atoms with Gasteiger partial charge in [0.25, 0.3) is 5.91 Å². The van der Waals surface area contributed by atoms with E-state index in [1.807, 2.05) is 24.3 Å². The van der Waals surface area contributed by atoms with Gasteiger partial charge in [0.2, 0.25) is 0 Å². The number of aryl methyl sites for hydroxylation is 1. The number of fused-ring (bicyclic) bond motifs is 1. The van der Waals surface area contributed by atoms with Crippen molar-refractivity contribution in [3.8, 4) is 17.2 Å². The van der Waals surface area contributed by atoms with E-state index < -0.39 is 9.84 Å². The highest BCUT2D eigenvalue weighted by Gasteiger charge is 2.32. The second-order valence-electron chi connectivity index (χ2n) is 8.35. The van der Waals surface area contributed by atoms with E-state index in [-0.39, 0.29) is 23.5 Å². The van der Waals surface area contributed by atoms with Crippen molar-refractivity contribution in [1.82, 2.24) is 20.1 Å². The highest BCUT2D eigenvalue weighted by Crippen LogP contribution is 2.32.